The van der Waals surface area contributed by atoms with E-state index in [-0.39, 0.29) is 6.42 Å². The van der Waals surface area contributed by atoms with Gasteiger partial charge in [-0.2, -0.15) is 0 Å². The van der Waals surface area contributed by atoms with Gasteiger partial charge in [-0.1, -0.05) is 36.4 Å². The summed E-state index contributed by atoms with van der Waals surface area (Å²) in [5.41, 5.74) is -0.230. The molecule has 1 heterocycles. The molecule has 1 aliphatic rings. The van der Waals surface area contributed by atoms with E-state index in [1.807, 2.05) is 0 Å². The van der Waals surface area contributed by atoms with Gasteiger partial charge < -0.3 is 13.8 Å². The van der Waals surface area contributed by atoms with E-state index < -0.39 is 42.9 Å². The summed E-state index contributed by atoms with van der Waals surface area (Å²) in [6.45, 7) is 1.60. The van der Waals surface area contributed by atoms with Crippen molar-refractivity contribution < 1.29 is 23.1 Å². The summed E-state index contributed by atoms with van der Waals surface area (Å²) >= 11 is 0. The summed E-state index contributed by atoms with van der Waals surface area (Å²) in [6, 6.07) is 8.08. The first-order valence-electron chi connectivity index (χ1n) is 9.93. The quantitative estimate of drug-likeness (QED) is 0.383. The SMILES string of the molecule is COP(=O)(/C=C/C1C=C[C@@H](n2cc(C)c(=O)[nH]c2=O)C[C@@H]1OC(=O)c1ccccc1)OC. The van der Waals surface area contributed by atoms with E-state index in [4.69, 9.17) is 13.8 Å². The molecule has 0 spiro atoms. The number of allylic oxidation sites excluding steroid dienone is 1. The molecule has 10 heteroatoms. The predicted octanol–water partition coefficient (Wildman–Crippen LogP) is 3.19. The molecule has 0 saturated carbocycles. The Kier molecular flexibility index (Phi) is 7.45. The van der Waals surface area contributed by atoms with Crippen LogP contribution < -0.4 is 11.2 Å². The van der Waals surface area contributed by atoms with Crippen LogP contribution in [0, 0.1) is 12.8 Å². The Morgan fingerprint density at radius 1 is 1.16 bits per heavy atom. The molecule has 32 heavy (non-hydrogen) atoms. The van der Waals surface area contributed by atoms with Crippen molar-refractivity contribution >= 4 is 13.6 Å². The van der Waals surface area contributed by atoms with Crippen LogP contribution in [0.5, 0.6) is 0 Å². The van der Waals surface area contributed by atoms with E-state index >= 15 is 0 Å². The van der Waals surface area contributed by atoms with Gasteiger partial charge in [-0.15, -0.1) is 0 Å². The third-order valence-corrected chi connectivity index (χ3v) is 6.78. The van der Waals surface area contributed by atoms with Crippen molar-refractivity contribution in [1.82, 2.24) is 9.55 Å². The lowest BCUT2D eigenvalue weighted by Crippen LogP contribution is -2.37. The molecule has 1 aromatic carbocycles. The van der Waals surface area contributed by atoms with E-state index in [0.29, 0.717) is 11.1 Å². The molecule has 0 fully saturated rings. The molecule has 1 aliphatic carbocycles. The van der Waals surface area contributed by atoms with Crippen LogP contribution in [0.15, 0.2) is 70.2 Å². The number of H-pyrrole nitrogens is 1. The predicted molar refractivity (Wildman–Crippen MR) is 119 cm³/mol. The summed E-state index contributed by atoms with van der Waals surface area (Å²) < 4.78 is 29.4. The highest BCUT2D eigenvalue weighted by Crippen LogP contribution is 2.48. The van der Waals surface area contributed by atoms with Gasteiger partial charge in [0.15, 0.2) is 0 Å². The molecule has 1 aromatic heterocycles. The smallest absolute Gasteiger partial charge is 0.353 e. The maximum Gasteiger partial charge on any atom is 0.353 e. The topological polar surface area (TPSA) is 117 Å². The van der Waals surface area contributed by atoms with E-state index in [0.717, 1.165) is 0 Å². The molecule has 0 saturated heterocycles. The zero-order chi connectivity index (χ0) is 23.3. The Labute approximate surface area is 184 Å². The fraction of sp³-hybridized carbons (Fsp3) is 0.318. The summed E-state index contributed by atoms with van der Waals surface area (Å²) in [5, 5.41) is 0. The van der Waals surface area contributed by atoms with Crippen LogP contribution in [0.25, 0.3) is 0 Å². The number of esters is 1. The minimum atomic E-state index is -3.41. The maximum absolute atomic E-state index is 12.7. The van der Waals surface area contributed by atoms with Crippen LogP contribution >= 0.6 is 7.60 Å². The van der Waals surface area contributed by atoms with Gasteiger partial charge in [0.25, 0.3) is 5.56 Å². The number of ether oxygens (including phenoxy) is 1. The van der Waals surface area contributed by atoms with Gasteiger partial charge >= 0.3 is 19.3 Å². The Morgan fingerprint density at radius 2 is 1.84 bits per heavy atom. The zero-order valence-electron chi connectivity index (χ0n) is 18.0. The van der Waals surface area contributed by atoms with E-state index in [9.17, 15) is 18.9 Å². The lowest BCUT2D eigenvalue weighted by atomic mass is 9.89. The van der Waals surface area contributed by atoms with Gasteiger partial charge in [-0.3, -0.25) is 18.9 Å². The molecule has 1 unspecified atom stereocenters. The molecule has 3 rings (SSSR count). The maximum atomic E-state index is 12.7. The Morgan fingerprint density at radius 3 is 2.50 bits per heavy atom. The number of nitrogens with zero attached hydrogens (tertiary/aromatic N) is 1. The molecule has 0 bridgehead atoms. The van der Waals surface area contributed by atoms with Gasteiger partial charge in [0.05, 0.1) is 11.6 Å². The van der Waals surface area contributed by atoms with Gasteiger partial charge in [0, 0.05) is 44.1 Å². The molecule has 1 N–H and O–H groups in total. The molecule has 9 nitrogen and oxygen atoms in total. The molecular formula is C22H25N2O7P. The number of aromatic amines is 1. The van der Waals surface area contributed by atoms with E-state index in [1.165, 1.54) is 30.8 Å². The largest absolute Gasteiger partial charge is 0.458 e. The average Bonchev–Trinajstić information content (AvgIpc) is 2.81. The number of aromatic nitrogens is 2. The van der Waals surface area contributed by atoms with Crippen molar-refractivity contribution in [2.24, 2.45) is 5.92 Å². The van der Waals surface area contributed by atoms with Crippen LogP contribution in [0.4, 0.5) is 0 Å². The van der Waals surface area contributed by atoms with Crippen LogP contribution in [0.1, 0.15) is 28.4 Å². The highest BCUT2D eigenvalue weighted by atomic mass is 31.2. The number of hydrogen-bond donors (Lipinski definition) is 1. The van der Waals surface area contributed by atoms with Gasteiger partial charge in [0.2, 0.25) is 0 Å². The van der Waals surface area contributed by atoms with Crippen molar-refractivity contribution in [3.05, 3.63) is 92.5 Å². The normalized spacial score (nSPS) is 21.0. The van der Waals surface area contributed by atoms with Crippen LogP contribution in [-0.2, 0) is 18.3 Å². The zero-order valence-corrected chi connectivity index (χ0v) is 18.9. The molecule has 0 radical (unpaired) electrons. The lowest BCUT2D eigenvalue weighted by molar-refractivity contribution is 0.0175. The van der Waals surface area contributed by atoms with Crippen LogP contribution in [0.3, 0.4) is 0 Å². The summed E-state index contributed by atoms with van der Waals surface area (Å²) in [6.07, 6.45) is 6.22. The van der Waals surface area contributed by atoms with E-state index in [1.54, 1.807) is 55.5 Å². The molecule has 0 amide bonds. The third kappa shape index (κ3) is 5.43. The molecule has 2 aromatic rings. The lowest BCUT2D eigenvalue weighted by Gasteiger charge is -2.31. The van der Waals surface area contributed by atoms with Crippen molar-refractivity contribution in [2.75, 3.05) is 14.2 Å². The number of carbonyl (C=O) groups is 1. The fourth-order valence-corrected chi connectivity index (χ4v) is 4.19. The van der Waals surface area contributed by atoms with Crippen molar-refractivity contribution in [3.63, 3.8) is 0 Å². The second-order valence-electron chi connectivity index (χ2n) is 7.30. The van der Waals surface area contributed by atoms with Gasteiger partial charge in [-0.25, -0.2) is 9.59 Å². The third-order valence-electron chi connectivity index (χ3n) is 5.23. The van der Waals surface area contributed by atoms with Gasteiger partial charge in [-0.05, 0) is 19.1 Å². The second kappa shape index (κ2) is 10.1. The minimum absolute atomic E-state index is 0.264. The number of benzene rings is 1. The second-order valence-corrected chi connectivity index (χ2v) is 9.41. The molecule has 0 aliphatic heterocycles. The van der Waals surface area contributed by atoms with Crippen LogP contribution in [-0.4, -0.2) is 35.8 Å². The highest BCUT2D eigenvalue weighted by Gasteiger charge is 2.31. The van der Waals surface area contributed by atoms with Crippen molar-refractivity contribution in [1.29, 1.82) is 0 Å². The first kappa shape index (κ1) is 23.7. The number of hydrogen-bond acceptors (Lipinski definition) is 7. The Bertz CT molecular complexity index is 1170. The molecule has 3 atom stereocenters. The summed E-state index contributed by atoms with van der Waals surface area (Å²) in [7, 11) is -0.856. The first-order valence-corrected chi connectivity index (χ1v) is 11.5. The average molecular weight is 460 g/mol. The minimum Gasteiger partial charge on any atom is -0.458 e. The summed E-state index contributed by atoms with van der Waals surface area (Å²) in [5.74, 6) is 0.369. The van der Waals surface area contributed by atoms with Crippen LogP contribution in [0.2, 0.25) is 0 Å². The molecule has 170 valence electrons. The Balaban J connectivity index is 1.93. The monoisotopic (exact) mass is 460 g/mol. The number of rotatable bonds is 7. The van der Waals surface area contributed by atoms with E-state index in [2.05, 4.69) is 4.98 Å². The number of aryl methyl sites for hydroxylation is 1. The number of nitrogens with one attached hydrogen (secondary N) is 1. The van der Waals surface area contributed by atoms with Crippen molar-refractivity contribution in [3.8, 4) is 0 Å². The number of carbonyl (C=O) groups excluding carboxylic acids is 1. The summed E-state index contributed by atoms with van der Waals surface area (Å²) in [4.78, 5) is 39.0. The Hall–Kier alpha value is -3.00. The highest BCUT2D eigenvalue weighted by molar-refractivity contribution is 7.57. The standard InChI is InChI=1S/C22H25N2O7P/c1-15-14-24(22(27)23-20(15)25)18-10-9-16(11-12-32(28,29-2)30-3)19(13-18)31-21(26)17-7-5-4-6-8-17/h4-12,14,16,18-19H,13H2,1-3H3,(H,23,25,27)/b12-11+/t16?,18-,19+/m1/s1. The molecular weight excluding hydrogens is 435 g/mol. The van der Waals surface area contributed by atoms with Crippen molar-refractivity contribution in [2.45, 2.75) is 25.5 Å². The fourth-order valence-electron chi connectivity index (χ4n) is 3.39. The van der Waals surface area contributed by atoms with Gasteiger partial charge in [0.1, 0.15) is 6.10 Å². The first-order chi connectivity index (χ1) is 15.3.